The van der Waals surface area contributed by atoms with Gasteiger partial charge in [0.25, 0.3) is 0 Å². The molecule has 0 aliphatic carbocycles. The van der Waals surface area contributed by atoms with Gasteiger partial charge >= 0.3 is 23.5 Å². The third-order valence-corrected chi connectivity index (χ3v) is 3.87. The summed E-state index contributed by atoms with van der Waals surface area (Å²) in [5, 5.41) is 14.1. The lowest BCUT2D eigenvalue weighted by molar-refractivity contribution is -0.0160. The highest BCUT2D eigenvalue weighted by Gasteiger charge is 2.45. The molecule has 1 saturated heterocycles. The Kier molecular flexibility index (Phi) is 3.47. The maximum absolute atomic E-state index is 12.0. The van der Waals surface area contributed by atoms with Crippen molar-refractivity contribution in [2.75, 3.05) is 13.1 Å². The van der Waals surface area contributed by atoms with Crippen LogP contribution >= 0.6 is 0 Å². The van der Waals surface area contributed by atoms with Crippen LogP contribution < -0.4 is 0 Å². The van der Waals surface area contributed by atoms with E-state index >= 15 is 0 Å². The molecule has 0 saturated carbocycles. The van der Waals surface area contributed by atoms with Crippen LogP contribution in [-0.4, -0.2) is 69.9 Å². The van der Waals surface area contributed by atoms with E-state index in [2.05, 4.69) is 9.38 Å². The summed E-state index contributed by atoms with van der Waals surface area (Å²) in [6, 6.07) is -1.33. The maximum atomic E-state index is 12.0. The van der Waals surface area contributed by atoms with E-state index in [0.717, 1.165) is 0 Å². The molecule has 0 radical (unpaired) electrons. The Morgan fingerprint density at radius 2 is 2.23 bits per heavy atom. The first-order chi connectivity index (χ1) is 10.3. The number of hydrogen-bond acceptors (Lipinski definition) is 6. The normalized spacial score (nSPS) is 21.3. The third kappa shape index (κ3) is 2.61. The molecule has 1 aromatic rings. The molecule has 2 N–H and O–H groups in total. The SMILES string of the molecule is CB(O)n1cc(C2=CCN3CC2N(OS(=O)(=O)O)C3=O)cn1. The minimum absolute atomic E-state index is 0.236. The van der Waals surface area contributed by atoms with E-state index in [1.807, 2.05) is 0 Å². The van der Waals surface area contributed by atoms with E-state index in [0.29, 0.717) is 16.2 Å². The van der Waals surface area contributed by atoms with Gasteiger partial charge in [-0.25, -0.2) is 4.79 Å². The summed E-state index contributed by atoms with van der Waals surface area (Å²) in [7, 11) is -5.62. The predicted molar refractivity (Wildman–Crippen MR) is 74.7 cm³/mol. The van der Waals surface area contributed by atoms with Crippen molar-refractivity contribution in [2.45, 2.75) is 12.9 Å². The second kappa shape index (κ2) is 5.09. The molecule has 3 heterocycles. The topological polar surface area (TPSA) is 125 Å². The Morgan fingerprint density at radius 1 is 1.50 bits per heavy atom. The number of rotatable bonds is 4. The monoisotopic (exact) mass is 328 g/mol. The fourth-order valence-corrected chi connectivity index (χ4v) is 2.91. The Hall–Kier alpha value is -1.89. The molecule has 2 aliphatic rings. The third-order valence-electron chi connectivity index (χ3n) is 3.52. The molecule has 12 heteroatoms. The standard InChI is InChI=1S/C10H13BN4O6S/c1-11(17)14-5-7(4-12-14)8-2-3-13-6-9(8)15(10(13)16)21-22(18,19)20/h2,4-5,9,17H,3,6H2,1H3,(H,18,19,20). The minimum Gasteiger partial charge on any atom is -0.431 e. The molecule has 22 heavy (non-hydrogen) atoms. The highest BCUT2D eigenvalue weighted by atomic mass is 32.3. The lowest BCUT2D eigenvalue weighted by Crippen LogP contribution is -2.36. The first-order valence-corrected chi connectivity index (χ1v) is 7.80. The van der Waals surface area contributed by atoms with Crippen molar-refractivity contribution in [3.8, 4) is 0 Å². The van der Waals surface area contributed by atoms with E-state index in [4.69, 9.17) is 4.55 Å². The summed E-state index contributed by atoms with van der Waals surface area (Å²) in [6.45, 7) is 2.07. The molecule has 2 aliphatic heterocycles. The van der Waals surface area contributed by atoms with E-state index in [-0.39, 0.29) is 13.1 Å². The lowest BCUT2D eigenvalue weighted by atomic mass is 9.89. The van der Waals surface area contributed by atoms with Gasteiger partial charge in [-0.05, 0) is 12.4 Å². The Morgan fingerprint density at radius 3 is 2.82 bits per heavy atom. The number of carbonyl (C=O) groups is 1. The van der Waals surface area contributed by atoms with Crippen LogP contribution in [0.25, 0.3) is 5.57 Å². The second-order valence-electron chi connectivity index (χ2n) is 5.03. The Labute approximate surface area is 126 Å². The van der Waals surface area contributed by atoms with Gasteiger partial charge in [0.1, 0.15) is 6.04 Å². The van der Waals surface area contributed by atoms with Crippen LogP contribution in [0.5, 0.6) is 0 Å². The van der Waals surface area contributed by atoms with Crippen molar-refractivity contribution in [1.29, 1.82) is 0 Å². The van der Waals surface area contributed by atoms with Gasteiger partial charge in [0, 0.05) is 18.3 Å². The number of nitrogens with zero attached hydrogens (tertiary/aromatic N) is 4. The molecule has 2 amide bonds. The number of urea groups is 1. The number of hydroxylamine groups is 2. The van der Waals surface area contributed by atoms with Gasteiger partial charge in [0.15, 0.2) is 0 Å². The molecule has 1 aromatic heterocycles. The van der Waals surface area contributed by atoms with Crippen LogP contribution in [0.3, 0.4) is 0 Å². The second-order valence-corrected chi connectivity index (χ2v) is 6.04. The molecule has 1 atom stereocenters. The van der Waals surface area contributed by atoms with Crippen molar-refractivity contribution in [3.63, 3.8) is 0 Å². The van der Waals surface area contributed by atoms with E-state index in [1.165, 1.54) is 15.7 Å². The molecule has 3 rings (SSSR count). The maximum Gasteiger partial charge on any atom is 0.431 e. The zero-order chi connectivity index (χ0) is 16.1. The first kappa shape index (κ1) is 15.0. The molecular formula is C10H13BN4O6S. The molecular weight excluding hydrogens is 315 g/mol. The van der Waals surface area contributed by atoms with Crippen molar-refractivity contribution < 1.29 is 27.1 Å². The number of aromatic nitrogens is 2. The van der Waals surface area contributed by atoms with Crippen LogP contribution in [0.15, 0.2) is 18.5 Å². The van der Waals surface area contributed by atoms with Crippen molar-refractivity contribution in [2.24, 2.45) is 0 Å². The quantitative estimate of drug-likeness (QED) is 0.541. The van der Waals surface area contributed by atoms with E-state index < -0.39 is 29.5 Å². The van der Waals surface area contributed by atoms with Crippen molar-refractivity contribution in [1.82, 2.24) is 19.7 Å². The summed E-state index contributed by atoms with van der Waals surface area (Å²) in [5.41, 5.74) is 1.27. The molecule has 2 bridgehead atoms. The summed E-state index contributed by atoms with van der Waals surface area (Å²) >= 11 is 0. The molecule has 10 nitrogen and oxygen atoms in total. The Bertz CT molecular complexity index is 744. The summed E-state index contributed by atoms with van der Waals surface area (Å²) in [6.07, 6.45) is 4.84. The van der Waals surface area contributed by atoms with E-state index in [1.54, 1.807) is 19.1 Å². The van der Waals surface area contributed by atoms with Crippen LogP contribution in [0.2, 0.25) is 6.82 Å². The predicted octanol–water partition coefficient (Wildman–Crippen LogP) is -0.921. The number of fused-ring (bicyclic) bond motifs is 2. The summed E-state index contributed by atoms with van der Waals surface area (Å²) < 4.78 is 36.3. The van der Waals surface area contributed by atoms with Gasteiger partial charge in [-0.1, -0.05) is 6.08 Å². The molecule has 0 spiro atoms. The van der Waals surface area contributed by atoms with Crippen molar-refractivity contribution in [3.05, 3.63) is 24.0 Å². The van der Waals surface area contributed by atoms with Gasteiger partial charge in [-0.3, -0.25) is 9.15 Å². The number of carbonyl (C=O) groups excluding carboxylic acids is 1. The average Bonchev–Trinajstić information content (AvgIpc) is 2.99. The molecule has 118 valence electrons. The highest BCUT2D eigenvalue weighted by molar-refractivity contribution is 7.80. The van der Waals surface area contributed by atoms with Crippen LogP contribution in [0.1, 0.15) is 5.56 Å². The largest absolute Gasteiger partial charge is 0.431 e. The van der Waals surface area contributed by atoms with Crippen LogP contribution in [0, 0.1) is 0 Å². The first-order valence-electron chi connectivity index (χ1n) is 6.44. The fraction of sp³-hybridized carbons (Fsp3) is 0.400. The van der Waals surface area contributed by atoms with Crippen LogP contribution in [-0.2, 0) is 14.7 Å². The zero-order valence-corrected chi connectivity index (χ0v) is 12.3. The zero-order valence-electron chi connectivity index (χ0n) is 11.5. The average molecular weight is 328 g/mol. The summed E-state index contributed by atoms with van der Waals surface area (Å²) in [5.74, 6) is 0. The van der Waals surface area contributed by atoms with Gasteiger partial charge in [-0.2, -0.15) is 18.6 Å². The molecule has 0 aromatic carbocycles. The smallest absolute Gasteiger partial charge is 0.431 e. The van der Waals surface area contributed by atoms with Crippen molar-refractivity contribution >= 4 is 29.1 Å². The number of hydrogen-bond donors (Lipinski definition) is 2. The highest BCUT2D eigenvalue weighted by Crippen LogP contribution is 2.33. The minimum atomic E-state index is -4.80. The lowest BCUT2D eigenvalue weighted by Gasteiger charge is -2.22. The van der Waals surface area contributed by atoms with Gasteiger partial charge in [0.2, 0.25) is 0 Å². The fourth-order valence-electron chi connectivity index (χ4n) is 2.54. The Balaban J connectivity index is 1.92. The molecule has 1 fully saturated rings. The van der Waals surface area contributed by atoms with Gasteiger partial charge < -0.3 is 9.92 Å². The van der Waals surface area contributed by atoms with Crippen LogP contribution in [0.4, 0.5) is 4.79 Å². The van der Waals surface area contributed by atoms with E-state index in [9.17, 15) is 18.2 Å². The molecule has 1 unspecified atom stereocenters. The number of amides is 2. The van der Waals surface area contributed by atoms with Gasteiger partial charge in [-0.15, -0.1) is 4.28 Å². The summed E-state index contributed by atoms with van der Waals surface area (Å²) in [4.78, 5) is 13.4. The van der Waals surface area contributed by atoms with Gasteiger partial charge in [0.05, 0.1) is 12.7 Å².